The van der Waals surface area contributed by atoms with Crippen LogP contribution in [-0.4, -0.2) is 34.9 Å². The van der Waals surface area contributed by atoms with Gasteiger partial charge in [0.15, 0.2) is 0 Å². The van der Waals surface area contributed by atoms with Crippen LogP contribution in [0.5, 0.6) is 6.01 Å². The molecule has 1 aliphatic rings. The molecular weight excluding hydrogens is 552 g/mol. The predicted octanol–water partition coefficient (Wildman–Crippen LogP) is 6.88. The second-order valence-electron chi connectivity index (χ2n) is 10.7. The van der Waals surface area contributed by atoms with E-state index >= 15 is 0 Å². The number of aromatic nitrogens is 2. The molecule has 1 aliphatic heterocycles. The van der Waals surface area contributed by atoms with Crippen LogP contribution in [0.4, 0.5) is 0 Å². The van der Waals surface area contributed by atoms with Crippen molar-refractivity contribution in [2.45, 2.75) is 50.8 Å². The van der Waals surface area contributed by atoms with Crippen LogP contribution in [0.3, 0.4) is 0 Å². The van der Waals surface area contributed by atoms with Crippen LogP contribution >= 0.6 is 0 Å². The maximum Gasteiger partial charge on any atom is 0.316 e. The summed E-state index contributed by atoms with van der Waals surface area (Å²) in [5.74, 6) is 0. The van der Waals surface area contributed by atoms with Gasteiger partial charge < -0.3 is 23.7 Å². The average Bonchev–Trinajstić information content (AvgIpc) is 3.44. The summed E-state index contributed by atoms with van der Waals surface area (Å²) in [4.78, 5) is 8.99. The van der Waals surface area contributed by atoms with Crippen molar-refractivity contribution in [2.24, 2.45) is 0 Å². The van der Waals surface area contributed by atoms with Crippen LogP contribution in [-0.2, 0) is 45.4 Å². The van der Waals surface area contributed by atoms with Crippen molar-refractivity contribution in [2.75, 3.05) is 6.61 Å². The van der Waals surface area contributed by atoms with Crippen LogP contribution in [0.15, 0.2) is 134 Å². The molecule has 5 aromatic rings. The molecule has 224 valence electrons. The lowest BCUT2D eigenvalue weighted by Gasteiger charge is -2.25. The van der Waals surface area contributed by atoms with Gasteiger partial charge in [-0.3, -0.25) is 0 Å². The van der Waals surface area contributed by atoms with E-state index in [1.807, 2.05) is 109 Å². The van der Waals surface area contributed by atoms with Crippen molar-refractivity contribution >= 4 is 0 Å². The first kappa shape index (κ1) is 29.7. The fraction of sp³-hybridized carbons (Fsp3) is 0.243. The Morgan fingerprint density at radius 1 is 0.523 bits per heavy atom. The van der Waals surface area contributed by atoms with Gasteiger partial charge in [-0.15, -0.1) is 0 Å². The molecule has 7 heteroatoms. The fourth-order valence-electron chi connectivity index (χ4n) is 5.18. The van der Waals surface area contributed by atoms with E-state index in [4.69, 9.17) is 23.7 Å². The SMILES string of the molecule is c1ccc(COCC2OC(c3cnc(OCc4ccccc4)nc3)C(OCc3ccccc3)C2OCc2ccccc2)cc1. The summed E-state index contributed by atoms with van der Waals surface area (Å²) in [6, 6.07) is 40.6. The highest BCUT2D eigenvalue weighted by Crippen LogP contribution is 2.38. The fourth-order valence-corrected chi connectivity index (χ4v) is 5.18. The third-order valence-electron chi connectivity index (χ3n) is 7.46. The Morgan fingerprint density at radius 2 is 0.977 bits per heavy atom. The summed E-state index contributed by atoms with van der Waals surface area (Å²) < 4.78 is 31.8. The molecule has 0 radical (unpaired) electrons. The Balaban J connectivity index is 1.21. The third-order valence-corrected chi connectivity index (χ3v) is 7.46. The number of benzene rings is 4. The lowest BCUT2D eigenvalue weighted by molar-refractivity contribution is -0.0898. The Labute approximate surface area is 258 Å². The largest absolute Gasteiger partial charge is 0.459 e. The minimum absolute atomic E-state index is 0.303. The third kappa shape index (κ3) is 8.15. The van der Waals surface area contributed by atoms with Gasteiger partial charge in [-0.05, 0) is 22.3 Å². The smallest absolute Gasteiger partial charge is 0.316 e. The van der Waals surface area contributed by atoms with Gasteiger partial charge in [0.05, 0.1) is 26.4 Å². The molecule has 0 bridgehead atoms. The minimum atomic E-state index is -0.465. The molecule has 1 aromatic heterocycles. The van der Waals surface area contributed by atoms with Gasteiger partial charge in [-0.1, -0.05) is 121 Å². The maximum absolute atomic E-state index is 6.66. The van der Waals surface area contributed by atoms with Crippen molar-refractivity contribution in [1.29, 1.82) is 0 Å². The van der Waals surface area contributed by atoms with Crippen LogP contribution in [0.2, 0.25) is 0 Å². The highest BCUT2D eigenvalue weighted by atomic mass is 16.6. The summed E-state index contributed by atoms with van der Waals surface area (Å²) in [6.07, 6.45) is 1.84. The number of ether oxygens (including phenoxy) is 5. The van der Waals surface area contributed by atoms with E-state index in [2.05, 4.69) is 22.1 Å². The first-order chi connectivity index (χ1) is 21.8. The van der Waals surface area contributed by atoms with Gasteiger partial charge in [-0.2, -0.15) is 0 Å². The van der Waals surface area contributed by atoms with Crippen molar-refractivity contribution in [1.82, 2.24) is 9.97 Å². The molecule has 1 fully saturated rings. The maximum atomic E-state index is 6.66. The molecule has 0 saturated carbocycles. The van der Waals surface area contributed by atoms with E-state index in [1.54, 1.807) is 12.4 Å². The lowest BCUT2D eigenvalue weighted by Crippen LogP contribution is -2.37. The first-order valence-electron chi connectivity index (χ1n) is 14.9. The van der Waals surface area contributed by atoms with Gasteiger partial charge in [-0.25, -0.2) is 9.97 Å². The molecule has 4 aromatic carbocycles. The Bertz CT molecular complexity index is 1520. The molecule has 4 unspecified atom stereocenters. The second-order valence-corrected chi connectivity index (χ2v) is 10.7. The Kier molecular flexibility index (Phi) is 10.4. The van der Waals surface area contributed by atoms with E-state index in [0.717, 1.165) is 27.8 Å². The number of hydrogen-bond donors (Lipinski definition) is 0. The van der Waals surface area contributed by atoms with Crippen molar-refractivity contribution in [3.63, 3.8) is 0 Å². The molecule has 4 atom stereocenters. The van der Waals surface area contributed by atoms with Crippen molar-refractivity contribution in [3.8, 4) is 6.01 Å². The molecule has 6 rings (SSSR count). The van der Waals surface area contributed by atoms with Gasteiger partial charge in [0.2, 0.25) is 0 Å². The second kappa shape index (κ2) is 15.4. The standard InChI is InChI=1S/C37H36N2O5/c1-5-13-28(14-6-1)23-40-27-33-35(41-24-29-15-7-2-8-16-29)36(42-25-30-17-9-3-10-18-30)34(44-33)32-21-38-37(39-22-32)43-26-31-19-11-4-12-20-31/h1-22,33-36H,23-27H2. The molecule has 0 N–H and O–H groups in total. The predicted molar refractivity (Wildman–Crippen MR) is 167 cm³/mol. The normalized spacial score (nSPS) is 19.5. The zero-order chi connectivity index (χ0) is 29.8. The van der Waals surface area contributed by atoms with E-state index in [0.29, 0.717) is 39.0 Å². The summed E-state index contributed by atoms with van der Waals surface area (Å²) >= 11 is 0. The molecule has 44 heavy (non-hydrogen) atoms. The highest BCUT2D eigenvalue weighted by molar-refractivity contribution is 5.19. The van der Waals surface area contributed by atoms with E-state index < -0.39 is 18.3 Å². The average molecular weight is 589 g/mol. The zero-order valence-corrected chi connectivity index (χ0v) is 24.5. The van der Waals surface area contributed by atoms with E-state index in [1.165, 1.54) is 0 Å². The van der Waals surface area contributed by atoms with Crippen LogP contribution < -0.4 is 4.74 Å². The quantitative estimate of drug-likeness (QED) is 0.140. The number of rotatable bonds is 14. The zero-order valence-electron chi connectivity index (χ0n) is 24.5. The minimum Gasteiger partial charge on any atom is -0.459 e. The first-order valence-corrected chi connectivity index (χ1v) is 14.9. The number of nitrogens with zero attached hydrogens (tertiary/aromatic N) is 2. The van der Waals surface area contributed by atoms with Gasteiger partial charge in [0.25, 0.3) is 0 Å². The summed E-state index contributed by atoms with van der Waals surface area (Å²) in [5.41, 5.74) is 5.07. The number of hydrogen-bond acceptors (Lipinski definition) is 7. The molecule has 2 heterocycles. The Morgan fingerprint density at radius 3 is 1.50 bits per heavy atom. The summed E-state index contributed by atoms with van der Waals surface area (Å²) in [5, 5.41) is 0. The van der Waals surface area contributed by atoms with Crippen LogP contribution in [0, 0.1) is 0 Å². The topological polar surface area (TPSA) is 71.9 Å². The summed E-state index contributed by atoms with van der Waals surface area (Å²) in [7, 11) is 0. The highest BCUT2D eigenvalue weighted by Gasteiger charge is 2.47. The van der Waals surface area contributed by atoms with E-state index in [9.17, 15) is 0 Å². The molecule has 1 saturated heterocycles. The molecule has 0 aliphatic carbocycles. The van der Waals surface area contributed by atoms with Gasteiger partial charge in [0.1, 0.15) is 31.0 Å². The monoisotopic (exact) mass is 588 g/mol. The van der Waals surface area contributed by atoms with Gasteiger partial charge >= 0.3 is 6.01 Å². The molecule has 0 spiro atoms. The molecular formula is C37H36N2O5. The van der Waals surface area contributed by atoms with Crippen molar-refractivity contribution < 1.29 is 23.7 Å². The molecule has 7 nitrogen and oxygen atoms in total. The summed E-state index contributed by atoms with van der Waals surface area (Å²) in [6.45, 7) is 2.04. The molecule has 0 amide bonds. The van der Waals surface area contributed by atoms with E-state index in [-0.39, 0.29) is 6.10 Å². The van der Waals surface area contributed by atoms with Crippen LogP contribution in [0.1, 0.15) is 33.9 Å². The Hall–Kier alpha value is -4.40. The van der Waals surface area contributed by atoms with Crippen molar-refractivity contribution in [3.05, 3.63) is 162 Å². The van der Waals surface area contributed by atoms with Gasteiger partial charge in [0, 0.05) is 18.0 Å². The van der Waals surface area contributed by atoms with Crippen LogP contribution in [0.25, 0.3) is 0 Å². The lowest BCUT2D eigenvalue weighted by atomic mass is 10.0.